The second-order valence-electron chi connectivity index (χ2n) is 3.86. The molecule has 1 aliphatic rings. The molecule has 1 aliphatic heterocycles. The molecule has 92 valence electrons. The van der Waals surface area contributed by atoms with Gasteiger partial charge in [0.1, 0.15) is 0 Å². The van der Waals surface area contributed by atoms with Gasteiger partial charge in [0.15, 0.2) is 0 Å². The highest BCUT2D eigenvalue weighted by molar-refractivity contribution is 6.41. The summed E-state index contributed by atoms with van der Waals surface area (Å²) in [5, 5.41) is 0.587. The third-order valence-electron chi connectivity index (χ3n) is 2.73. The summed E-state index contributed by atoms with van der Waals surface area (Å²) in [6.45, 7) is 1.05. The summed E-state index contributed by atoms with van der Waals surface area (Å²) in [7, 11) is 0. The molecule has 0 unspecified atom stereocenters. The lowest BCUT2D eigenvalue weighted by atomic mass is 10.2. The Morgan fingerprint density at radius 1 is 1.17 bits per heavy atom. The summed E-state index contributed by atoms with van der Waals surface area (Å²) in [6, 6.07) is 6.79. The van der Waals surface area contributed by atoms with Crippen LogP contribution in [0, 0.1) is 12.3 Å². The van der Waals surface area contributed by atoms with Gasteiger partial charge in [0.2, 0.25) is 0 Å². The van der Waals surface area contributed by atoms with E-state index in [4.69, 9.17) is 18.0 Å². The first-order valence-electron chi connectivity index (χ1n) is 5.43. The van der Waals surface area contributed by atoms with E-state index in [2.05, 4.69) is 5.92 Å². The summed E-state index contributed by atoms with van der Waals surface area (Å²) >= 11 is 5.78. The summed E-state index contributed by atoms with van der Waals surface area (Å²) < 4.78 is 0. The molecule has 5 heteroatoms. The SMILES string of the molecule is C#CCN1CCN(c2ccc(Cl)cc2)C(=O)C1=O. The fraction of sp³-hybridized carbons (Fsp3) is 0.231. The molecule has 2 amide bonds. The first-order valence-corrected chi connectivity index (χ1v) is 5.81. The minimum atomic E-state index is -0.561. The molecule has 0 aliphatic carbocycles. The molecule has 2 rings (SSSR count). The average Bonchev–Trinajstić information content (AvgIpc) is 2.37. The number of halogens is 1. The van der Waals surface area contributed by atoms with E-state index in [1.165, 1.54) is 9.80 Å². The number of piperazine rings is 1. The van der Waals surface area contributed by atoms with Gasteiger partial charge in [0, 0.05) is 23.8 Å². The molecule has 18 heavy (non-hydrogen) atoms. The van der Waals surface area contributed by atoms with Gasteiger partial charge in [-0.2, -0.15) is 0 Å². The maximum atomic E-state index is 11.9. The quantitative estimate of drug-likeness (QED) is 0.593. The Labute approximate surface area is 110 Å². The van der Waals surface area contributed by atoms with E-state index in [9.17, 15) is 9.59 Å². The number of anilines is 1. The number of amides is 2. The summed E-state index contributed by atoms with van der Waals surface area (Å²) in [4.78, 5) is 26.5. The van der Waals surface area contributed by atoms with Crippen LogP contribution in [-0.2, 0) is 9.59 Å². The van der Waals surface area contributed by atoms with Crippen molar-refractivity contribution in [1.82, 2.24) is 4.90 Å². The van der Waals surface area contributed by atoms with Crippen LogP contribution in [0.25, 0.3) is 0 Å². The first kappa shape index (κ1) is 12.5. The van der Waals surface area contributed by atoms with Gasteiger partial charge in [-0.1, -0.05) is 17.5 Å². The Bertz CT molecular complexity index is 519. The van der Waals surface area contributed by atoms with E-state index in [1.54, 1.807) is 24.3 Å². The zero-order chi connectivity index (χ0) is 13.1. The fourth-order valence-electron chi connectivity index (χ4n) is 1.80. The Hall–Kier alpha value is -1.99. The normalized spacial score (nSPS) is 15.8. The molecule has 1 saturated heterocycles. The van der Waals surface area contributed by atoms with Gasteiger partial charge in [-0.3, -0.25) is 9.59 Å². The zero-order valence-corrected chi connectivity index (χ0v) is 10.4. The number of benzene rings is 1. The van der Waals surface area contributed by atoms with Crippen LogP contribution in [0.3, 0.4) is 0 Å². The third kappa shape index (κ3) is 2.31. The fourth-order valence-corrected chi connectivity index (χ4v) is 1.93. The topological polar surface area (TPSA) is 40.6 Å². The molecule has 0 N–H and O–H groups in total. The van der Waals surface area contributed by atoms with Gasteiger partial charge < -0.3 is 9.80 Å². The van der Waals surface area contributed by atoms with Crippen molar-refractivity contribution in [3.05, 3.63) is 29.3 Å². The molecule has 1 heterocycles. The number of hydrogen-bond acceptors (Lipinski definition) is 2. The van der Waals surface area contributed by atoms with Crippen LogP contribution in [0.5, 0.6) is 0 Å². The van der Waals surface area contributed by atoms with Crippen molar-refractivity contribution in [2.45, 2.75) is 0 Å². The van der Waals surface area contributed by atoms with E-state index >= 15 is 0 Å². The van der Waals surface area contributed by atoms with Gasteiger partial charge in [0.25, 0.3) is 0 Å². The molecule has 1 fully saturated rings. The lowest BCUT2D eigenvalue weighted by Crippen LogP contribution is -2.54. The minimum Gasteiger partial charge on any atom is -0.322 e. The molecule has 1 aromatic carbocycles. The van der Waals surface area contributed by atoms with Crippen LogP contribution in [0.15, 0.2) is 24.3 Å². The largest absolute Gasteiger partial charge is 0.322 e. The molecule has 0 aromatic heterocycles. The first-order chi connectivity index (χ1) is 8.63. The van der Waals surface area contributed by atoms with E-state index < -0.39 is 11.8 Å². The van der Waals surface area contributed by atoms with Crippen molar-refractivity contribution in [2.75, 3.05) is 24.5 Å². The number of rotatable bonds is 2. The van der Waals surface area contributed by atoms with Gasteiger partial charge in [-0.05, 0) is 24.3 Å². The maximum Gasteiger partial charge on any atom is 0.316 e. The van der Waals surface area contributed by atoms with Crippen LogP contribution in [-0.4, -0.2) is 36.3 Å². The van der Waals surface area contributed by atoms with Crippen molar-refractivity contribution in [3.8, 4) is 12.3 Å². The predicted molar refractivity (Wildman–Crippen MR) is 69.2 cm³/mol. The van der Waals surface area contributed by atoms with Crippen molar-refractivity contribution >= 4 is 29.1 Å². The van der Waals surface area contributed by atoms with Crippen LogP contribution < -0.4 is 4.90 Å². The summed E-state index contributed by atoms with van der Waals surface area (Å²) in [6.07, 6.45) is 5.15. The number of carbonyl (C=O) groups excluding carboxylic acids is 2. The van der Waals surface area contributed by atoms with Gasteiger partial charge >= 0.3 is 11.8 Å². The standard InChI is InChI=1S/C13H11ClN2O2/c1-2-7-15-8-9-16(13(18)12(15)17)11-5-3-10(14)4-6-11/h1,3-6H,7-9H2. The van der Waals surface area contributed by atoms with Crippen molar-refractivity contribution in [3.63, 3.8) is 0 Å². The molecule has 4 nitrogen and oxygen atoms in total. The highest BCUT2D eigenvalue weighted by Gasteiger charge is 2.32. The number of terminal acetylenes is 1. The maximum absolute atomic E-state index is 11.9. The molecule has 0 atom stereocenters. The van der Waals surface area contributed by atoms with E-state index in [1.807, 2.05) is 0 Å². The third-order valence-corrected chi connectivity index (χ3v) is 2.98. The molecule has 0 radical (unpaired) electrons. The van der Waals surface area contributed by atoms with E-state index in [0.717, 1.165) is 0 Å². The van der Waals surface area contributed by atoms with Gasteiger partial charge in [-0.15, -0.1) is 6.42 Å². The van der Waals surface area contributed by atoms with E-state index in [-0.39, 0.29) is 6.54 Å². The van der Waals surface area contributed by atoms with Crippen LogP contribution >= 0.6 is 11.6 Å². The predicted octanol–water partition coefficient (Wildman–Crippen LogP) is 1.15. The van der Waals surface area contributed by atoms with E-state index in [0.29, 0.717) is 23.8 Å². The van der Waals surface area contributed by atoms with Crippen molar-refractivity contribution in [1.29, 1.82) is 0 Å². The highest BCUT2D eigenvalue weighted by atomic mass is 35.5. The molecule has 1 aromatic rings. The second kappa shape index (κ2) is 5.11. The Kier molecular flexibility index (Phi) is 3.54. The Morgan fingerprint density at radius 2 is 1.83 bits per heavy atom. The smallest absolute Gasteiger partial charge is 0.316 e. The van der Waals surface area contributed by atoms with Crippen molar-refractivity contribution in [2.24, 2.45) is 0 Å². The number of carbonyl (C=O) groups is 2. The number of nitrogens with zero attached hydrogens (tertiary/aromatic N) is 2. The Balaban J connectivity index is 2.18. The van der Waals surface area contributed by atoms with Crippen LogP contribution in [0.1, 0.15) is 0 Å². The molecule has 0 saturated carbocycles. The molecular weight excluding hydrogens is 252 g/mol. The van der Waals surface area contributed by atoms with Gasteiger partial charge in [0.05, 0.1) is 6.54 Å². The zero-order valence-electron chi connectivity index (χ0n) is 9.60. The lowest BCUT2D eigenvalue weighted by Gasteiger charge is -2.32. The molecule has 0 bridgehead atoms. The molecule has 0 spiro atoms. The van der Waals surface area contributed by atoms with Crippen molar-refractivity contribution < 1.29 is 9.59 Å². The molecular formula is C13H11ClN2O2. The average molecular weight is 263 g/mol. The highest BCUT2D eigenvalue weighted by Crippen LogP contribution is 2.20. The summed E-state index contributed by atoms with van der Waals surface area (Å²) in [5.74, 6) is 1.25. The minimum absolute atomic E-state index is 0.166. The van der Waals surface area contributed by atoms with Crippen LogP contribution in [0.4, 0.5) is 5.69 Å². The summed E-state index contributed by atoms with van der Waals surface area (Å²) in [5.41, 5.74) is 0.665. The second-order valence-corrected chi connectivity index (χ2v) is 4.30. The van der Waals surface area contributed by atoms with Crippen LogP contribution in [0.2, 0.25) is 5.02 Å². The van der Waals surface area contributed by atoms with Gasteiger partial charge in [-0.25, -0.2) is 0 Å². The monoisotopic (exact) mass is 262 g/mol. The number of hydrogen-bond donors (Lipinski definition) is 0. The Morgan fingerprint density at radius 3 is 2.44 bits per heavy atom. The lowest BCUT2D eigenvalue weighted by molar-refractivity contribution is -0.145.